The van der Waals surface area contributed by atoms with Crippen molar-refractivity contribution in [3.05, 3.63) is 45.9 Å². The van der Waals surface area contributed by atoms with E-state index in [4.69, 9.17) is 33.4 Å². The van der Waals surface area contributed by atoms with Crippen molar-refractivity contribution in [1.29, 1.82) is 0 Å². The maximum absolute atomic E-state index is 11.1. The van der Waals surface area contributed by atoms with Crippen LogP contribution in [0.15, 0.2) is 35.2 Å². The van der Waals surface area contributed by atoms with Crippen LogP contribution in [0.3, 0.4) is 0 Å². The number of nitrogens with one attached hydrogen (secondary N) is 1. The van der Waals surface area contributed by atoms with E-state index >= 15 is 0 Å². The second-order valence-electron chi connectivity index (χ2n) is 4.84. The summed E-state index contributed by atoms with van der Waals surface area (Å²) in [5.74, 6) is -0.669. The van der Waals surface area contributed by atoms with Gasteiger partial charge < -0.3 is 20.6 Å². The molecule has 0 spiro atoms. The number of carboxylic acids is 1. The number of rotatable bonds is 7. The second kappa shape index (κ2) is 8.48. The minimum Gasteiger partial charge on any atom is -0.507 e. The number of aliphatic carboxylic acids is 1. The second-order valence-corrected chi connectivity index (χ2v) is 6.79. The van der Waals surface area contributed by atoms with Gasteiger partial charge in [-0.3, -0.25) is 4.79 Å². The summed E-state index contributed by atoms with van der Waals surface area (Å²) in [6.45, 7) is -0.0416. The molecule has 0 aliphatic heterocycles. The van der Waals surface area contributed by atoms with Crippen LogP contribution >= 0.6 is 35.0 Å². The Hall–Kier alpha value is -1.60. The third-order valence-corrected chi connectivity index (χ3v) is 4.75. The van der Waals surface area contributed by atoms with Crippen LogP contribution in [-0.4, -0.2) is 33.6 Å². The first kappa shape index (κ1) is 18.7. The Bertz CT molecular complexity index is 735. The fourth-order valence-corrected chi connectivity index (χ4v) is 3.27. The highest BCUT2D eigenvalue weighted by molar-refractivity contribution is 7.99. The van der Waals surface area contributed by atoms with E-state index < -0.39 is 5.97 Å². The van der Waals surface area contributed by atoms with Crippen molar-refractivity contribution in [3.8, 4) is 5.75 Å². The van der Waals surface area contributed by atoms with E-state index in [1.54, 1.807) is 24.3 Å². The van der Waals surface area contributed by atoms with Gasteiger partial charge >= 0.3 is 5.97 Å². The number of carboxylic acid groups (broad SMARTS) is 1. The summed E-state index contributed by atoms with van der Waals surface area (Å²) >= 11 is 13.5. The summed E-state index contributed by atoms with van der Waals surface area (Å²) < 4.78 is 0. The minimum absolute atomic E-state index is 0.0412. The van der Waals surface area contributed by atoms with E-state index in [9.17, 15) is 9.90 Å². The van der Waals surface area contributed by atoms with Crippen molar-refractivity contribution in [2.75, 3.05) is 17.7 Å². The highest BCUT2D eigenvalue weighted by Gasteiger charge is 2.15. The van der Waals surface area contributed by atoms with Gasteiger partial charge in [0, 0.05) is 11.4 Å². The van der Waals surface area contributed by atoms with Gasteiger partial charge in [-0.15, -0.1) is 11.8 Å². The Morgan fingerprint density at radius 1 is 1.21 bits per heavy atom. The molecular weight excluding hydrogens is 373 g/mol. The van der Waals surface area contributed by atoms with Crippen molar-refractivity contribution in [2.45, 2.75) is 11.3 Å². The zero-order valence-electron chi connectivity index (χ0n) is 12.4. The van der Waals surface area contributed by atoms with Crippen molar-refractivity contribution in [1.82, 2.24) is 0 Å². The monoisotopic (exact) mass is 387 g/mol. The van der Waals surface area contributed by atoms with Crippen LogP contribution in [0, 0.1) is 0 Å². The maximum Gasteiger partial charge on any atom is 0.307 e. The lowest BCUT2D eigenvalue weighted by molar-refractivity contribution is -0.136. The third kappa shape index (κ3) is 4.70. The van der Waals surface area contributed by atoms with Gasteiger partial charge in [0.25, 0.3) is 0 Å². The quantitative estimate of drug-likeness (QED) is 0.421. The minimum atomic E-state index is -1.03. The average Bonchev–Trinajstić information content (AvgIpc) is 2.51. The number of aliphatic hydroxyl groups excluding tert-OH is 1. The molecule has 0 fully saturated rings. The van der Waals surface area contributed by atoms with E-state index in [2.05, 4.69) is 5.32 Å². The number of thioether (sulfide) groups is 1. The molecule has 0 radical (unpaired) electrons. The van der Waals surface area contributed by atoms with Crippen LogP contribution < -0.4 is 5.32 Å². The first-order valence-corrected chi connectivity index (χ1v) is 8.69. The van der Waals surface area contributed by atoms with Crippen LogP contribution in [0.25, 0.3) is 0 Å². The van der Waals surface area contributed by atoms with Gasteiger partial charge in [-0.05, 0) is 29.8 Å². The molecule has 0 saturated heterocycles. The lowest BCUT2D eigenvalue weighted by atomic mass is 10.1. The summed E-state index contributed by atoms with van der Waals surface area (Å²) in [4.78, 5) is 11.6. The molecular formula is C16H15Cl2NO4S. The lowest BCUT2D eigenvalue weighted by Gasteiger charge is -2.16. The molecule has 5 nitrogen and oxygen atoms in total. The number of para-hydroxylation sites is 1. The summed E-state index contributed by atoms with van der Waals surface area (Å²) in [5, 5.41) is 31.9. The number of hydrogen-bond acceptors (Lipinski definition) is 5. The third-order valence-electron chi connectivity index (χ3n) is 3.10. The van der Waals surface area contributed by atoms with Crippen LogP contribution in [-0.2, 0) is 11.2 Å². The molecule has 2 rings (SSSR count). The molecule has 2 aromatic carbocycles. The number of carbonyl (C=O) groups is 1. The lowest BCUT2D eigenvalue weighted by Crippen LogP contribution is -2.05. The van der Waals surface area contributed by atoms with Gasteiger partial charge in [0.2, 0.25) is 0 Å². The molecule has 0 aliphatic carbocycles. The zero-order chi connectivity index (χ0) is 17.7. The van der Waals surface area contributed by atoms with Crippen LogP contribution in [0.4, 0.5) is 11.4 Å². The zero-order valence-corrected chi connectivity index (χ0v) is 14.8. The Morgan fingerprint density at radius 3 is 2.46 bits per heavy atom. The fraction of sp³-hybridized carbons (Fsp3) is 0.188. The Labute approximate surface area is 153 Å². The molecule has 128 valence electrons. The molecule has 0 atom stereocenters. The van der Waals surface area contributed by atoms with Gasteiger partial charge in [0.15, 0.2) is 0 Å². The van der Waals surface area contributed by atoms with E-state index in [1.165, 1.54) is 17.8 Å². The van der Waals surface area contributed by atoms with Crippen LogP contribution in [0.2, 0.25) is 10.0 Å². The number of phenols is 1. The van der Waals surface area contributed by atoms with E-state index in [1.807, 2.05) is 0 Å². The van der Waals surface area contributed by atoms with E-state index in [0.29, 0.717) is 37.6 Å². The molecule has 0 saturated carbocycles. The smallest absolute Gasteiger partial charge is 0.307 e. The maximum atomic E-state index is 11.1. The first-order chi connectivity index (χ1) is 11.4. The standard InChI is InChI=1S/C16H15Cl2NO4S/c17-10-2-1-3-11(18)16(10)19-12-8-14(24-5-4-20)13(21)6-9(12)7-15(22)23/h1-3,6,8,19-21H,4-5,7H2,(H,22,23). The molecule has 0 aromatic heterocycles. The Kier molecular flexibility index (Phi) is 6.62. The van der Waals surface area contributed by atoms with Crippen LogP contribution in [0.1, 0.15) is 5.56 Å². The molecule has 0 aliphatic rings. The number of anilines is 2. The first-order valence-electron chi connectivity index (χ1n) is 6.94. The van der Waals surface area contributed by atoms with E-state index in [-0.39, 0.29) is 18.8 Å². The highest BCUT2D eigenvalue weighted by Crippen LogP contribution is 2.38. The highest BCUT2D eigenvalue weighted by atomic mass is 35.5. The molecule has 8 heteroatoms. The van der Waals surface area contributed by atoms with E-state index in [0.717, 1.165) is 0 Å². The fourth-order valence-electron chi connectivity index (χ4n) is 2.06. The number of aromatic hydroxyl groups is 1. The Morgan fingerprint density at radius 2 is 1.88 bits per heavy atom. The van der Waals surface area contributed by atoms with Gasteiger partial charge in [-0.25, -0.2) is 0 Å². The normalized spacial score (nSPS) is 10.6. The average molecular weight is 388 g/mol. The number of halogens is 2. The molecule has 4 N–H and O–H groups in total. The largest absolute Gasteiger partial charge is 0.507 e. The molecule has 0 bridgehead atoms. The summed E-state index contributed by atoms with van der Waals surface area (Å²) in [6, 6.07) is 8.03. The van der Waals surface area contributed by atoms with Gasteiger partial charge in [-0.1, -0.05) is 29.3 Å². The molecule has 2 aromatic rings. The van der Waals surface area contributed by atoms with Crippen molar-refractivity contribution < 1.29 is 20.1 Å². The number of benzene rings is 2. The van der Waals surface area contributed by atoms with Crippen LogP contribution in [0.5, 0.6) is 5.75 Å². The summed E-state index contributed by atoms with van der Waals surface area (Å²) in [5.41, 5.74) is 1.33. The van der Waals surface area contributed by atoms with Crippen molar-refractivity contribution in [3.63, 3.8) is 0 Å². The van der Waals surface area contributed by atoms with Gasteiger partial charge in [0.05, 0.1) is 33.7 Å². The van der Waals surface area contributed by atoms with Crippen molar-refractivity contribution in [2.24, 2.45) is 0 Å². The predicted molar refractivity (Wildman–Crippen MR) is 97.0 cm³/mol. The SMILES string of the molecule is O=C(O)Cc1cc(O)c(SCCO)cc1Nc1c(Cl)cccc1Cl. The Balaban J connectivity index is 2.46. The summed E-state index contributed by atoms with van der Waals surface area (Å²) in [7, 11) is 0. The predicted octanol–water partition coefficient (Wildman–Crippen LogP) is 4.15. The number of phenolic OH excluding ortho intramolecular Hbond substituents is 1. The topological polar surface area (TPSA) is 89.8 Å². The number of hydrogen-bond donors (Lipinski definition) is 4. The molecule has 0 amide bonds. The van der Waals surface area contributed by atoms with Gasteiger partial charge in [0.1, 0.15) is 5.75 Å². The summed E-state index contributed by atoms with van der Waals surface area (Å²) in [6.07, 6.45) is -0.275. The number of aliphatic hydroxyl groups is 1. The molecule has 0 heterocycles. The van der Waals surface area contributed by atoms with Gasteiger partial charge in [-0.2, -0.15) is 0 Å². The molecule has 0 unspecified atom stereocenters. The van der Waals surface area contributed by atoms with Crippen molar-refractivity contribution >= 4 is 52.3 Å². The molecule has 24 heavy (non-hydrogen) atoms.